The summed E-state index contributed by atoms with van der Waals surface area (Å²) in [6.45, 7) is 1.65. The molecule has 0 aliphatic heterocycles. The van der Waals surface area contributed by atoms with E-state index in [1.807, 2.05) is 5.38 Å². The highest BCUT2D eigenvalue weighted by Crippen LogP contribution is 2.27. The smallest absolute Gasteiger partial charge is 0.199 e. The van der Waals surface area contributed by atoms with E-state index in [0.29, 0.717) is 22.5 Å². The van der Waals surface area contributed by atoms with Crippen LogP contribution in [0.3, 0.4) is 0 Å². The lowest BCUT2D eigenvalue weighted by Gasteiger charge is -2.10. The maximum Gasteiger partial charge on any atom is 0.199 e. The Morgan fingerprint density at radius 2 is 2.24 bits per heavy atom. The molecule has 0 radical (unpaired) electrons. The van der Waals surface area contributed by atoms with Crippen molar-refractivity contribution >= 4 is 43.0 Å². The first kappa shape index (κ1) is 12.7. The van der Waals surface area contributed by atoms with E-state index in [2.05, 4.69) is 9.97 Å². The number of halogens is 1. The van der Waals surface area contributed by atoms with E-state index in [4.69, 9.17) is 11.6 Å². The van der Waals surface area contributed by atoms with Crippen molar-refractivity contribution in [2.24, 2.45) is 0 Å². The van der Waals surface area contributed by atoms with Crippen molar-refractivity contribution in [3.63, 3.8) is 0 Å². The lowest BCUT2D eigenvalue weighted by molar-refractivity contribution is 0.578. The normalized spacial score (nSPS) is 14.0. The molecule has 0 aliphatic rings. The maximum atomic E-state index is 12.3. The van der Waals surface area contributed by atoms with Crippen molar-refractivity contribution in [3.8, 4) is 0 Å². The van der Waals surface area contributed by atoms with Gasteiger partial charge < -0.3 is 0 Å². The number of nitrogens with zero attached hydrogens (tertiary/aromatic N) is 2. The van der Waals surface area contributed by atoms with Gasteiger partial charge in [0.1, 0.15) is 6.33 Å². The molecule has 17 heavy (non-hydrogen) atoms. The number of sulfone groups is 1. The molecular formula is C10H11ClN2O2S2. The highest BCUT2D eigenvalue weighted by Gasteiger charge is 2.27. The van der Waals surface area contributed by atoms with Crippen LogP contribution in [0.2, 0.25) is 0 Å². The molecule has 0 N–H and O–H groups in total. The molecule has 0 saturated heterocycles. The van der Waals surface area contributed by atoms with Gasteiger partial charge in [-0.05, 0) is 24.8 Å². The van der Waals surface area contributed by atoms with Crippen molar-refractivity contribution in [3.05, 3.63) is 17.8 Å². The number of alkyl halides is 1. The summed E-state index contributed by atoms with van der Waals surface area (Å²) in [5.74, 6) is 0.319. The Kier molecular flexibility index (Phi) is 3.65. The van der Waals surface area contributed by atoms with E-state index >= 15 is 0 Å². The van der Waals surface area contributed by atoms with Gasteiger partial charge in [-0.15, -0.1) is 22.9 Å². The van der Waals surface area contributed by atoms with E-state index in [0.717, 1.165) is 0 Å². The van der Waals surface area contributed by atoms with E-state index in [1.54, 1.807) is 13.0 Å². The summed E-state index contributed by atoms with van der Waals surface area (Å²) in [7, 11) is -3.42. The SMILES string of the molecule is CC(CCCl)S(=O)(=O)c1ncnc2ccsc12. The molecule has 4 nitrogen and oxygen atoms in total. The molecule has 1 atom stereocenters. The monoisotopic (exact) mass is 290 g/mol. The first-order chi connectivity index (χ1) is 8.07. The third-order valence-corrected chi connectivity index (χ3v) is 5.93. The lowest BCUT2D eigenvalue weighted by Crippen LogP contribution is -2.19. The number of hydrogen-bond donors (Lipinski definition) is 0. The van der Waals surface area contributed by atoms with Gasteiger partial charge in [-0.1, -0.05) is 0 Å². The van der Waals surface area contributed by atoms with Gasteiger partial charge in [-0.3, -0.25) is 0 Å². The topological polar surface area (TPSA) is 59.9 Å². The molecule has 0 aliphatic carbocycles. The zero-order valence-electron chi connectivity index (χ0n) is 9.13. The molecule has 0 fully saturated rings. The summed E-state index contributed by atoms with van der Waals surface area (Å²) in [6, 6.07) is 1.78. The van der Waals surface area contributed by atoms with Crippen molar-refractivity contribution in [1.82, 2.24) is 9.97 Å². The lowest BCUT2D eigenvalue weighted by atomic mass is 10.4. The predicted octanol–water partition coefficient (Wildman–Crippen LogP) is 2.48. The van der Waals surface area contributed by atoms with Crippen LogP contribution in [0.5, 0.6) is 0 Å². The van der Waals surface area contributed by atoms with E-state index < -0.39 is 15.1 Å². The second kappa shape index (κ2) is 4.88. The largest absolute Gasteiger partial charge is 0.235 e. The van der Waals surface area contributed by atoms with E-state index in [9.17, 15) is 8.42 Å². The molecule has 2 heterocycles. The van der Waals surface area contributed by atoms with Crippen LogP contribution in [0.1, 0.15) is 13.3 Å². The van der Waals surface area contributed by atoms with Gasteiger partial charge in [0.25, 0.3) is 0 Å². The number of hydrogen-bond acceptors (Lipinski definition) is 5. The Balaban J connectivity index is 2.56. The van der Waals surface area contributed by atoms with Crippen LogP contribution in [0.15, 0.2) is 22.8 Å². The highest BCUT2D eigenvalue weighted by molar-refractivity contribution is 7.92. The fraction of sp³-hybridized carbons (Fsp3) is 0.400. The molecule has 7 heteroatoms. The number of rotatable bonds is 4. The first-order valence-electron chi connectivity index (χ1n) is 5.05. The molecule has 0 spiro atoms. The Labute approximate surface area is 109 Å². The molecule has 2 aromatic heterocycles. The first-order valence-corrected chi connectivity index (χ1v) is 8.01. The summed E-state index contributed by atoms with van der Waals surface area (Å²) < 4.78 is 25.2. The van der Waals surface area contributed by atoms with Crippen LogP contribution in [0.25, 0.3) is 10.2 Å². The molecule has 0 amide bonds. The van der Waals surface area contributed by atoms with Gasteiger partial charge >= 0.3 is 0 Å². The molecule has 0 bridgehead atoms. The quantitative estimate of drug-likeness (QED) is 0.641. The average Bonchev–Trinajstić information content (AvgIpc) is 2.76. The van der Waals surface area contributed by atoms with E-state index in [-0.39, 0.29) is 5.03 Å². The molecule has 2 rings (SSSR count). The summed E-state index contributed by atoms with van der Waals surface area (Å²) in [5, 5.41) is 1.40. The van der Waals surface area contributed by atoms with Crippen molar-refractivity contribution in [2.45, 2.75) is 23.6 Å². The molecule has 0 aromatic carbocycles. The fourth-order valence-electron chi connectivity index (χ4n) is 1.47. The minimum absolute atomic E-state index is 0.120. The summed E-state index contributed by atoms with van der Waals surface area (Å²) >= 11 is 6.93. The second-order valence-corrected chi connectivity index (χ2v) is 7.22. The number of aromatic nitrogens is 2. The van der Waals surface area contributed by atoms with Gasteiger partial charge in [0.15, 0.2) is 14.9 Å². The van der Waals surface area contributed by atoms with Crippen LogP contribution < -0.4 is 0 Å². The third kappa shape index (κ3) is 2.29. The van der Waals surface area contributed by atoms with Crippen LogP contribution in [0, 0.1) is 0 Å². The average molecular weight is 291 g/mol. The summed E-state index contributed by atoms with van der Waals surface area (Å²) in [5.41, 5.74) is 0.668. The fourth-order valence-corrected chi connectivity index (χ4v) is 4.51. The summed E-state index contributed by atoms with van der Waals surface area (Å²) in [6.07, 6.45) is 1.70. The maximum absolute atomic E-state index is 12.3. The Bertz CT molecular complexity index is 624. The molecule has 1 unspecified atom stereocenters. The third-order valence-electron chi connectivity index (χ3n) is 2.53. The zero-order chi connectivity index (χ0) is 12.5. The van der Waals surface area contributed by atoms with Gasteiger partial charge in [-0.2, -0.15) is 0 Å². The van der Waals surface area contributed by atoms with Gasteiger partial charge in [0.05, 0.1) is 15.5 Å². The predicted molar refractivity (Wildman–Crippen MR) is 69.4 cm³/mol. The Morgan fingerprint density at radius 3 is 2.94 bits per heavy atom. The van der Waals surface area contributed by atoms with Crippen molar-refractivity contribution in [1.29, 1.82) is 0 Å². The molecule has 0 saturated carbocycles. The van der Waals surface area contributed by atoms with E-state index in [1.165, 1.54) is 17.7 Å². The standard InChI is InChI=1S/C10H11ClN2O2S2/c1-7(2-4-11)17(14,15)10-9-8(3-5-16-9)12-6-13-10/h3,5-7H,2,4H2,1H3. The Morgan fingerprint density at radius 1 is 1.47 bits per heavy atom. The summed E-state index contributed by atoms with van der Waals surface area (Å²) in [4.78, 5) is 7.95. The van der Waals surface area contributed by atoms with Crippen LogP contribution in [-0.4, -0.2) is 29.5 Å². The van der Waals surface area contributed by atoms with Gasteiger partial charge in [0, 0.05) is 5.88 Å². The number of fused-ring (bicyclic) bond motifs is 1. The highest BCUT2D eigenvalue weighted by atomic mass is 35.5. The van der Waals surface area contributed by atoms with Crippen LogP contribution in [-0.2, 0) is 9.84 Å². The minimum atomic E-state index is -3.42. The molecular weight excluding hydrogens is 280 g/mol. The minimum Gasteiger partial charge on any atom is -0.235 e. The van der Waals surface area contributed by atoms with Crippen LogP contribution in [0.4, 0.5) is 0 Å². The molecule has 2 aromatic rings. The zero-order valence-corrected chi connectivity index (χ0v) is 11.5. The van der Waals surface area contributed by atoms with Crippen molar-refractivity contribution in [2.75, 3.05) is 5.88 Å². The van der Waals surface area contributed by atoms with Crippen molar-refractivity contribution < 1.29 is 8.42 Å². The van der Waals surface area contributed by atoms with Crippen LogP contribution >= 0.6 is 22.9 Å². The van der Waals surface area contributed by atoms with Gasteiger partial charge in [0.2, 0.25) is 0 Å². The molecule has 92 valence electrons. The number of thiophene rings is 1. The Hall–Kier alpha value is -0.720. The second-order valence-electron chi connectivity index (χ2n) is 3.65. The van der Waals surface area contributed by atoms with Gasteiger partial charge in [-0.25, -0.2) is 18.4 Å².